The van der Waals surface area contributed by atoms with E-state index in [0.29, 0.717) is 40.5 Å². The molecule has 0 aliphatic carbocycles. The Bertz CT molecular complexity index is 1250. The van der Waals surface area contributed by atoms with E-state index in [4.69, 9.17) is 19.3 Å². The number of carbonyl (C=O) groups excluding carboxylic acids is 2. The number of amides is 1. The van der Waals surface area contributed by atoms with Crippen molar-refractivity contribution in [2.75, 3.05) is 14.2 Å². The minimum atomic E-state index is -0.421. The van der Waals surface area contributed by atoms with Gasteiger partial charge < -0.3 is 14.2 Å². The fourth-order valence-electron chi connectivity index (χ4n) is 3.96. The third-order valence-electron chi connectivity index (χ3n) is 5.66. The number of methoxy groups -OCH3 is 2. The molecule has 1 atom stereocenters. The molecule has 0 saturated carbocycles. The van der Waals surface area contributed by atoms with Gasteiger partial charge in [-0.1, -0.05) is 35.9 Å². The van der Waals surface area contributed by atoms with Crippen LogP contribution >= 0.6 is 0 Å². The number of esters is 1. The predicted octanol–water partition coefficient (Wildman–Crippen LogP) is 4.93. The smallest absolute Gasteiger partial charge is 0.308 e. The van der Waals surface area contributed by atoms with Crippen molar-refractivity contribution in [3.05, 3.63) is 89.0 Å². The molecule has 1 amide bonds. The lowest BCUT2D eigenvalue weighted by Crippen LogP contribution is -2.27. The summed E-state index contributed by atoms with van der Waals surface area (Å²) in [6.07, 6.45) is 0.436. The van der Waals surface area contributed by atoms with Gasteiger partial charge in [0.2, 0.25) is 0 Å². The summed E-state index contributed by atoms with van der Waals surface area (Å²) >= 11 is 0. The normalized spacial score (nSPS) is 15.0. The van der Waals surface area contributed by atoms with Crippen molar-refractivity contribution in [3.63, 3.8) is 0 Å². The van der Waals surface area contributed by atoms with Crippen LogP contribution in [0.1, 0.15) is 46.4 Å². The van der Waals surface area contributed by atoms with E-state index in [-0.39, 0.29) is 11.9 Å². The monoisotopic (exact) mass is 458 g/mol. The van der Waals surface area contributed by atoms with Crippen LogP contribution in [0.25, 0.3) is 0 Å². The van der Waals surface area contributed by atoms with Crippen LogP contribution in [0, 0.1) is 6.92 Å². The van der Waals surface area contributed by atoms with Gasteiger partial charge in [0.05, 0.1) is 26.0 Å². The highest BCUT2D eigenvalue weighted by molar-refractivity contribution is 6.07. The van der Waals surface area contributed by atoms with Gasteiger partial charge in [-0.15, -0.1) is 0 Å². The molecule has 0 unspecified atom stereocenters. The molecule has 0 saturated heterocycles. The lowest BCUT2D eigenvalue weighted by molar-refractivity contribution is -0.131. The van der Waals surface area contributed by atoms with E-state index in [0.717, 1.165) is 11.1 Å². The molecule has 3 aromatic carbocycles. The summed E-state index contributed by atoms with van der Waals surface area (Å²) in [4.78, 5) is 25.2. The highest BCUT2D eigenvalue weighted by Gasteiger charge is 2.35. The fourth-order valence-corrected chi connectivity index (χ4v) is 3.96. The Morgan fingerprint density at radius 2 is 1.62 bits per heavy atom. The molecule has 0 spiro atoms. The average Bonchev–Trinajstić information content (AvgIpc) is 3.29. The Balaban J connectivity index is 1.78. The molecule has 1 aliphatic heterocycles. The Morgan fingerprint density at radius 1 is 0.912 bits per heavy atom. The van der Waals surface area contributed by atoms with E-state index in [2.05, 4.69) is 0 Å². The number of ether oxygens (including phenoxy) is 3. The van der Waals surface area contributed by atoms with E-state index >= 15 is 0 Å². The van der Waals surface area contributed by atoms with Gasteiger partial charge in [0, 0.05) is 24.5 Å². The molecule has 1 heterocycles. The second-order valence-electron chi connectivity index (χ2n) is 7.99. The van der Waals surface area contributed by atoms with E-state index in [1.165, 1.54) is 11.9 Å². The van der Waals surface area contributed by atoms with Gasteiger partial charge in [-0.2, -0.15) is 5.10 Å². The van der Waals surface area contributed by atoms with Crippen molar-refractivity contribution in [2.24, 2.45) is 5.10 Å². The third-order valence-corrected chi connectivity index (χ3v) is 5.66. The second kappa shape index (κ2) is 9.79. The quantitative estimate of drug-likeness (QED) is 0.387. The van der Waals surface area contributed by atoms with Crippen LogP contribution in [0.4, 0.5) is 0 Å². The average molecular weight is 459 g/mol. The Morgan fingerprint density at radius 3 is 2.29 bits per heavy atom. The maximum atomic E-state index is 13.5. The zero-order valence-electron chi connectivity index (χ0n) is 19.6. The van der Waals surface area contributed by atoms with Gasteiger partial charge in [0.1, 0.15) is 5.75 Å². The van der Waals surface area contributed by atoms with Crippen molar-refractivity contribution in [1.82, 2.24) is 5.01 Å². The molecule has 0 N–H and O–H groups in total. The molecule has 7 nitrogen and oxygen atoms in total. The molecule has 34 heavy (non-hydrogen) atoms. The van der Waals surface area contributed by atoms with Gasteiger partial charge in [0.15, 0.2) is 11.5 Å². The topological polar surface area (TPSA) is 77.4 Å². The molecular formula is C27H26N2O5. The van der Waals surface area contributed by atoms with E-state index in [9.17, 15) is 9.59 Å². The molecule has 0 aromatic heterocycles. The number of rotatable bonds is 6. The first-order chi connectivity index (χ1) is 16.4. The molecule has 0 bridgehead atoms. The van der Waals surface area contributed by atoms with Crippen LogP contribution < -0.4 is 14.2 Å². The summed E-state index contributed by atoms with van der Waals surface area (Å²) in [5, 5.41) is 6.21. The third kappa shape index (κ3) is 4.64. The lowest BCUT2D eigenvalue weighted by Gasteiger charge is -2.23. The van der Waals surface area contributed by atoms with Gasteiger partial charge in [-0.25, -0.2) is 5.01 Å². The van der Waals surface area contributed by atoms with Crippen LogP contribution in [-0.2, 0) is 4.79 Å². The summed E-state index contributed by atoms with van der Waals surface area (Å²) in [5.74, 6) is 0.928. The van der Waals surface area contributed by atoms with Crippen LogP contribution in [0.3, 0.4) is 0 Å². The number of carbonyl (C=O) groups is 2. The second-order valence-corrected chi connectivity index (χ2v) is 7.99. The Hall–Kier alpha value is -4.13. The van der Waals surface area contributed by atoms with Crippen molar-refractivity contribution >= 4 is 17.6 Å². The summed E-state index contributed by atoms with van der Waals surface area (Å²) < 4.78 is 16.2. The van der Waals surface area contributed by atoms with Crippen LogP contribution in [0.15, 0.2) is 71.8 Å². The first-order valence-corrected chi connectivity index (χ1v) is 10.9. The molecular weight excluding hydrogens is 432 g/mol. The number of hydrogen-bond acceptors (Lipinski definition) is 6. The highest BCUT2D eigenvalue weighted by atomic mass is 16.5. The fraction of sp³-hybridized carbons (Fsp3) is 0.222. The summed E-state index contributed by atoms with van der Waals surface area (Å²) in [6, 6.07) is 19.8. The van der Waals surface area contributed by atoms with E-state index in [1.54, 1.807) is 38.5 Å². The number of para-hydroxylation sites is 1. The Labute approximate surface area is 198 Å². The number of hydrogen-bond donors (Lipinski definition) is 0. The van der Waals surface area contributed by atoms with E-state index < -0.39 is 5.97 Å². The zero-order valence-corrected chi connectivity index (χ0v) is 19.6. The predicted molar refractivity (Wildman–Crippen MR) is 129 cm³/mol. The first-order valence-electron chi connectivity index (χ1n) is 10.9. The molecule has 7 heteroatoms. The van der Waals surface area contributed by atoms with Crippen molar-refractivity contribution in [2.45, 2.75) is 26.3 Å². The zero-order chi connectivity index (χ0) is 24.2. The van der Waals surface area contributed by atoms with Gasteiger partial charge in [-0.05, 0) is 48.9 Å². The maximum Gasteiger partial charge on any atom is 0.308 e. The first kappa shape index (κ1) is 23.0. The van der Waals surface area contributed by atoms with Crippen molar-refractivity contribution in [1.29, 1.82) is 0 Å². The van der Waals surface area contributed by atoms with Gasteiger partial charge in [-0.3, -0.25) is 9.59 Å². The largest absolute Gasteiger partial charge is 0.493 e. The number of benzene rings is 3. The summed E-state index contributed by atoms with van der Waals surface area (Å²) in [6.45, 7) is 3.33. The van der Waals surface area contributed by atoms with Gasteiger partial charge in [0.25, 0.3) is 5.91 Å². The highest BCUT2D eigenvalue weighted by Crippen LogP contribution is 2.39. The number of aryl methyl sites for hydroxylation is 1. The summed E-state index contributed by atoms with van der Waals surface area (Å²) in [5.41, 5.74) is 3.77. The van der Waals surface area contributed by atoms with Crippen molar-refractivity contribution in [3.8, 4) is 17.2 Å². The van der Waals surface area contributed by atoms with Crippen LogP contribution in [0.5, 0.6) is 17.2 Å². The number of hydrazone groups is 1. The Kier molecular flexibility index (Phi) is 6.63. The number of nitrogens with zero attached hydrogens (tertiary/aromatic N) is 2. The minimum absolute atomic E-state index is 0.222. The SMILES string of the molecule is COc1ccc([C@@H]2CC(c3ccccc3OC(C)=O)=NN2C(=O)c2ccc(C)cc2)cc1OC. The lowest BCUT2D eigenvalue weighted by atomic mass is 9.97. The minimum Gasteiger partial charge on any atom is -0.493 e. The molecule has 4 rings (SSSR count). The van der Waals surface area contributed by atoms with Gasteiger partial charge >= 0.3 is 5.97 Å². The maximum absolute atomic E-state index is 13.5. The van der Waals surface area contributed by atoms with Crippen LogP contribution in [0.2, 0.25) is 0 Å². The van der Waals surface area contributed by atoms with Crippen molar-refractivity contribution < 1.29 is 23.8 Å². The molecule has 0 radical (unpaired) electrons. The molecule has 1 aliphatic rings. The van der Waals surface area contributed by atoms with Crippen LogP contribution in [-0.4, -0.2) is 36.8 Å². The molecule has 174 valence electrons. The van der Waals surface area contributed by atoms with E-state index in [1.807, 2.05) is 49.4 Å². The summed E-state index contributed by atoms with van der Waals surface area (Å²) in [7, 11) is 3.15. The molecule has 3 aromatic rings. The standard InChI is InChI=1S/C27H26N2O5/c1-17-9-11-19(12-10-17)27(31)29-23(20-13-14-25(32-3)26(15-20)33-4)16-22(28-29)21-7-5-6-8-24(21)34-18(2)30/h5-15,23H,16H2,1-4H3/t23-/m0/s1. The molecule has 0 fully saturated rings.